The second kappa shape index (κ2) is 10.7. The number of ether oxygens (including phenoxy) is 1. The summed E-state index contributed by atoms with van der Waals surface area (Å²) in [6.45, 7) is 2.12. The molecular weight excluding hydrogens is 444 g/mol. The molecule has 3 aromatic carbocycles. The van der Waals surface area contributed by atoms with Gasteiger partial charge in [-0.1, -0.05) is 54.6 Å². The third kappa shape index (κ3) is 5.60. The van der Waals surface area contributed by atoms with Crippen molar-refractivity contribution in [3.63, 3.8) is 0 Å². The number of nitrogens with one attached hydrogen (secondary N) is 3. The predicted octanol–water partition coefficient (Wildman–Crippen LogP) is 3.13. The van der Waals surface area contributed by atoms with Crippen LogP contribution < -0.4 is 25.6 Å². The first-order chi connectivity index (χ1) is 17.0. The van der Waals surface area contributed by atoms with E-state index in [2.05, 4.69) is 16.0 Å². The molecule has 3 amide bonds. The third-order valence-corrected chi connectivity index (χ3v) is 5.83. The van der Waals surface area contributed by atoms with Crippen LogP contribution in [0, 0.1) is 0 Å². The number of para-hydroxylation sites is 3. The summed E-state index contributed by atoms with van der Waals surface area (Å²) in [7, 11) is 1.55. The van der Waals surface area contributed by atoms with Gasteiger partial charge in [0.25, 0.3) is 11.8 Å². The number of hydrogen-bond donors (Lipinski definition) is 3. The Kier molecular flexibility index (Phi) is 7.30. The summed E-state index contributed by atoms with van der Waals surface area (Å²) in [4.78, 5) is 40.0. The van der Waals surface area contributed by atoms with E-state index in [0.29, 0.717) is 17.0 Å². The van der Waals surface area contributed by atoms with Crippen molar-refractivity contribution in [2.45, 2.75) is 19.1 Å². The summed E-state index contributed by atoms with van der Waals surface area (Å²) in [6.07, 6.45) is -0.736. The lowest BCUT2D eigenvalue weighted by Gasteiger charge is -2.35. The molecule has 0 aromatic heterocycles. The Morgan fingerprint density at radius 1 is 0.971 bits per heavy atom. The van der Waals surface area contributed by atoms with E-state index in [9.17, 15) is 14.4 Å². The van der Waals surface area contributed by atoms with Crippen LogP contribution in [0.2, 0.25) is 0 Å². The highest BCUT2D eigenvalue weighted by atomic mass is 16.5. The predicted molar refractivity (Wildman–Crippen MR) is 135 cm³/mol. The maximum absolute atomic E-state index is 13.0. The van der Waals surface area contributed by atoms with Crippen LogP contribution in [-0.2, 0) is 9.59 Å². The first-order valence-electron chi connectivity index (χ1n) is 11.4. The molecule has 0 radical (unpaired) electrons. The van der Waals surface area contributed by atoms with Gasteiger partial charge in [0.15, 0.2) is 6.10 Å². The van der Waals surface area contributed by atoms with Crippen molar-refractivity contribution >= 4 is 29.1 Å². The van der Waals surface area contributed by atoms with Gasteiger partial charge in [0.1, 0.15) is 5.75 Å². The molecule has 2 atom stereocenters. The van der Waals surface area contributed by atoms with Gasteiger partial charge in [0.2, 0.25) is 5.91 Å². The lowest BCUT2D eigenvalue weighted by Crippen LogP contribution is -2.50. The molecule has 0 aliphatic carbocycles. The Hall–Kier alpha value is -4.33. The Balaban J connectivity index is 1.47. The van der Waals surface area contributed by atoms with Crippen molar-refractivity contribution in [3.8, 4) is 5.75 Å². The van der Waals surface area contributed by atoms with Gasteiger partial charge < -0.3 is 25.6 Å². The quantitative estimate of drug-likeness (QED) is 0.491. The highest BCUT2D eigenvalue weighted by Crippen LogP contribution is 2.33. The van der Waals surface area contributed by atoms with Gasteiger partial charge in [-0.3, -0.25) is 14.4 Å². The minimum atomic E-state index is -0.736. The monoisotopic (exact) mass is 472 g/mol. The van der Waals surface area contributed by atoms with Crippen LogP contribution in [0.15, 0.2) is 78.9 Å². The summed E-state index contributed by atoms with van der Waals surface area (Å²) in [5, 5.41) is 8.43. The van der Waals surface area contributed by atoms with E-state index in [1.54, 1.807) is 42.3 Å². The number of benzene rings is 3. The summed E-state index contributed by atoms with van der Waals surface area (Å²) in [5.74, 6) is -0.323. The summed E-state index contributed by atoms with van der Waals surface area (Å²) < 4.78 is 5.80. The van der Waals surface area contributed by atoms with E-state index in [-0.39, 0.29) is 36.9 Å². The number of fused-ring (bicyclic) bond motifs is 1. The Bertz CT molecular complexity index is 1210. The Morgan fingerprint density at radius 3 is 2.43 bits per heavy atom. The average molecular weight is 473 g/mol. The fourth-order valence-corrected chi connectivity index (χ4v) is 4.01. The van der Waals surface area contributed by atoms with Crippen LogP contribution in [0.5, 0.6) is 5.75 Å². The molecule has 2 unspecified atom stereocenters. The van der Waals surface area contributed by atoms with Gasteiger partial charge in [0.05, 0.1) is 36.1 Å². The summed E-state index contributed by atoms with van der Waals surface area (Å²) in [6, 6.07) is 23.6. The number of anilines is 2. The highest BCUT2D eigenvalue weighted by Gasteiger charge is 2.31. The van der Waals surface area contributed by atoms with E-state index in [4.69, 9.17) is 4.74 Å². The van der Waals surface area contributed by atoms with Crippen molar-refractivity contribution < 1.29 is 19.1 Å². The molecule has 8 nitrogen and oxygen atoms in total. The van der Waals surface area contributed by atoms with Gasteiger partial charge in [0, 0.05) is 7.05 Å². The van der Waals surface area contributed by atoms with Crippen LogP contribution in [0.25, 0.3) is 0 Å². The Labute approximate surface area is 204 Å². The fourth-order valence-electron chi connectivity index (χ4n) is 4.01. The molecule has 3 aromatic rings. The maximum atomic E-state index is 13.0. The third-order valence-electron chi connectivity index (χ3n) is 5.83. The molecule has 180 valence electrons. The normalized spacial score (nSPS) is 15.3. The van der Waals surface area contributed by atoms with Crippen LogP contribution in [-0.4, -0.2) is 44.0 Å². The molecule has 1 aliphatic rings. The second-order valence-corrected chi connectivity index (χ2v) is 8.27. The van der Waals surface area contributed by atoms with Crippen LogP contribution in [0.3, 0.4) is 0 Å². The second-order valence-electron chi connectivity index (χ2n) is 8.27. The van der Waals surface area contributed by atoms with E-state index in [1.807, 2.05) is 55.5 Å². The van der Waals surface area contributed by atoms with Gasteiger partial charge in [-0.05, 0) is 36.8 Å². The highest BCUT2D eigenvalue weighted by molar-refractivity contribution is 6.04. The standard InChI is InChI=1S/C27H28N4O4/c1-18(19-10-4-3-5-11-19)29-26(33)20-12-6-7-13-21(20)30-25(32)17-31-16-24(27(34)28-2)35-23-15-9-8-14-22(23)31/h3-15,18,24H,16-17H2,1-2H3,(H,28,34)(H,29,33)(H,30,32). The molecule has 4 rings (SSSR count). The zero-order valence-corrected chi connectivity index (χ0v) is 19.7. The zero-order valence-electron chi connectivity index (χ0n) is 19.7. The number of hydrogen-bond acceptors (Lipinski definition) is 5. The van der Waals surface area contributed by atoms with Crippen molar-refractivity contribution in [1.29, 1.82) is 0 Å². The van der Waals surface area contributed by atoms with E-state index in [0.717, 1.165) is 11.3 Å². The topological polar surface area (TPSA) is 99.8 Å². The fraction of sp³-hybridized carbons (Fsp3) is 0.222. The van der Waals surface area contributed by atoms with Crippen LogP contribution in [0.4, 0.5) is 11.4 Å². The van der Waals surface area contributed by atoms with E-state index in [1.165, 1.54) is 0 Å². The van der Waals surface area contributed by atoms with Crippen molar-refractivity contribution in [2.24, 2.45) is 0 Å². The smallest absolute Gasteiger partial charge is 0.262 e. The molecular formula is C27H28N4O4. The SMILES string of the molecule is CNC(=O)C1CN(CC(=O)Nc2ccccc2C(=O)NC(C)c2ccccc2)c2ccccc2O1. The molecule has 0 saturated heterocycles. The summed E-state index contributed by atoms with van der Waals surface area (Å²) in [5.41, 5.74) is 2.50. The number of carbonyl (C=O) groups excluding carboxylic acids is 3. The number of amides is 3. The molecule has 0 spiro atoms. The minimum absolute atomic E-state index is 0.00968. The summed E-state index contributed by atoms with van der Waals surface area (Å²) >= 11 is 0. The number of carbonyl (C=O) groups is 3. The first-order valence-corrected chi connectivity index (χ1v) is 11.4. The minimum Gasteiger partial charge on any atom is -0.477 e. The lowest BCUT2D eigenvalue weighted by molar-refractivity contribution is -0.127. The number of likely N-dealkylation sites (N-methyl/N-ethyl adjacent to an activating group) is 1. The zero-order chi connectivity index (χ0) is 24.8. The number of nitrogens with zero attached hydrogens (tertiary/aromatic N) is 1. The molecule has 1 heterocycles. The van der Waals surface area contributed by atoms with Gasteiger partial charge >= 0.3 is 0 Å². The van der Waals surface area contributed by atoms with E-state index >= 15 is 0 Å². The van der Waals surface area contributed by atoms with Gasteiger partial charge in [-0.25, -0.2) is 0 Å². The van der Waals surface area contributed by atoms with Crippen LogP contribution >= 0.6 is 0 Å². The maximum Gasteiger partial charge on any atom is 0.262 e. The molecule has 0 fully saturated rings. The molecule has 0 bridgehead atoms. The van der Waals surface area contributed by atoms with Crippen molar-refractivity contribution in [3.05, 3.63) is 90.0 Å². The lowest BCUT2D eigenvalue weighted by atomic mass is 10.1. The molecule has 35 heavy (non-hydrogen) atoms. The van der Waals surface area contributed by atoms with Crippen LogP contribution in [0.1, 0.15) is 28.9 Å². The van der Waals surface area contributed by atoms with Crippen molar-refractivity contribution in [1.82, 2.24) is 10.6 Å². The molecule has 0 saturated carbocycles. The Morgan fingerprint density at radius 2 is 1.66 bits per heavy atom. The molecule has 3 N–H and O–H groups in total. The van der Waals surface area contributed by atoms with E-state index < -0.39 is 6.10 Å². The largest absolute Gasteiger partial charge is 0.477 e. The van der Waals surface area contributed by atoms with Gasteiger partial charge in [-0.2, -0.15) is 0 Å². The average Bonchev–Trinajstić information content (AvgIpc) is 2.88. The van der Waals surface area contributed by atoms with Gasteiger partial charge in [-0.15, -0.1) is 0 Å². The van der Waals surface area contributed by atoms with Crippen molar-refractivity contribution in [2.75, 3.05) is 30.4 Å². The molecule has 1 aliphatic heterocycles. The molecule has 8 heteroatoms. The number of rotatable bonds is 7. The first kappa shape index (κ1) is 23.8.